The predicted octanol–water partition coefficient (Wildman–Crippen LogP) is 3.39. The van der Waals surface area contributed by atoms with Crippen LogP contribution in [0, 0.1) is 5.82 Å². The number of ether oxygens (including phenoxy) is 1. The topological polar surface area (TPSA) is 26.3 Å². The summed E-state index contributed by atoms with van der Waals surface area (Å²) >= 11 is 2.98. The molecule has 0 saturated heterocycles. The van der Waals surface area contributed by atoms with Gasteiger partial charge in [-0.25, -0.2) is 4.39 Å². The lowest BCUT2D eigenvalue weighted by molar-refractivity contribution is -0.0499. The molecule has 0 heterocycles. The SMILES string of the molecule is CC(Br)C(=O)c1cc(OC(F)F)ccc1F. The lowest BCUT2D eigenvalue weighted by atomic mass is 10.1. The summed E-state index contributed by atoms with van der Waals surface area (Å²) < 4.78 is 41.1. The standard InChI is InChI=1S/C10H8BrF3O2/c1-5(11)9(15)7-4-6(16-10(13)14)2-3-8(7)12/h2-5,10H,1H3. The van der Waals surface area contributed by atoms with E-state index in [0.29, 0.717) is 0 Å². The monoisotopic (exact) mass is 296 g/mol. The average molecular weight is 297 g/mol. The first kappa shape index (κ1) is 13.0. The Hall–Kier alpha value is -1.04. The molecule has 0 aliphatic rings. The van der Waals surface area contributed by atoms with E-state index in [2.05, 4.69) is 20.7 Å². The van der Waals surface area contributed by atoms with E-state index in [-0.39, 0.29) is 11.3 Å². The van der Waals surface area contributed by atoms with Crippen LogP contribution in [0.1, 0.15) is 17.3 Å². The molecule has 1 aromatic carbocycles. The van der Waals surface area contributed by atoms with Gasteiger partial charge in [0.25, 0.3) is 0 Å². The van der Waals surface area contributed by atoms with Crippen molar-refractivity contribution in [3.63, 3.8) is 0 Å². The first-order valence-electron chi connectivity index (χ1n) is 4.34. The molecular formula is C10H8BrF3O2. The number of Topliss-reactive ketones (excluding diaryl/α,β-unsaturated/α-hetero) is 1. The zero-order valence-corrected chi connectivity index (χ0v) is 9.80. The first-order valence-corrected chi connectivity index (χ1v) is 5.26. The highest BCUT2D eigenvalue weighted by molar-refractivity contribution is 9.10. The number of benzene rings is 1. The second-order valence-corrected chi connectivity index (χ2v) is 4.37. The maximum absolute atomic E-state index is 13.2. The summed E-state index contributed by atoms with van der Waals surface area (Å²) in [7, 11) is 0. The van der Waals surface area contributed by atoms with Gasteiger partial charge in [-0.05, 0) is 25.1 Å². The molecule has 16 heavy (non-hydrogen) atoms. The molecule has 0 fully saturated rings. The molecule has 0 radical (unpaired) electrons. The van der Waals surface area contributed by atoms with E-state index in [1.807, 2.05) is 0 Å². The minimum atomic E-state index is -3.00. The van der Waals surface area contributed by atoms with Crippen LogP contribution < -0.4 is 4.74 Å². The summed E-state index contributed by atoms with van der Waals surface area (Å²) in [6, 6.07) is 2.92. The van der Waals surface area contributed by atoms with Crippen LogP contribution in [0.15, 0.2) is 18.2 Å². The van der Waals surface area contributed by atoms with Crippen molar-refractivity contribution >= 4 is 21.7 Å². The Labute approximate surface area is 98.5 Å². The van der Waals surface area contributed by atoms with Crippen LogP contribution in [0.4, 0.5) is 13.2 Å². The Morgan fingerprint density at radius 2 is 2.06 bits per heavy atom. The minimum Gasteiger partial charge on any atom is -0.435 e. The molecule has 0 aliphatic carbocycles. The Morgan fingerprint density at radius 3 is 2.56 bits per heavy atom. The number of carbonyl (C=O) groups is 1. The van der Waals surface area contributed by atoms with Crippen LogP contribution >= 0.6 is 15.9 Å². The molecule has 0 saturated carbocycles. The summed E-state index contributed by atoms with van der Waals surface area (Å²) in [5.74, 6) is -1.54. The summed E-state index contributed by atoms with van der Waals surface area (Å²) in [6.07, 6.45) is 0. The molecule has 0 bridgehead atoms. The molecule has 0 spiro atoms. The molecule has 1 aromatic rings. The molecule has 0 aromatic heterocycles. The quantitative estimate of drug-likeness (QED) is 0.629. The van der Waals surface area contributed by atoms with Gasteiger partial charge in [0.1, 0.15) is 11.6 Å². The van der Waals surface area contributed by atoms with Gasteiger partial charge < -0.3 is 4.74 Å². The third-order valence-corrected chi connectivity index (χ3v) is 2.21. The van der Waals surface area contributed by atoms with Crippen molar-refractivity contribution in [3.05, 3.63) is 29.6 Å². The Kier molecular flexibility index (Phi) is 4.35. The van der Waals surface area contributed by atoms with E-state index in [9.17, 15) is 18.0 Å². The molecule has 1 atom stereocenters. The normalized spacial score (nSPS) is 12.6. The van der Waals surface area contributed by atoms with E-state index >= 15 is 0 Å². The lowest BCUT2D eigenvalue weighted by Crippen LogP contribution is -2.12. The molecular weight excluding hydrogens is 289 g/mol. The van der Waals surface area contributed by atoms with Gasteiger partial charge in [0.05, 0.1) is 10.4 Å². The second-order valence-electron chi connectivity index (χ2n) is 3.00. The second kappa shape index (κ2) is 5.34. The Bertz CT molecular complexity index is 394. The number of halogens is 4. The largest absolute Gasteiger partial charge is 0.435 e. The molecule has 0 aliphatic heterocycles. The number of carbonyl (C=O) groups excluding carboxylic acids is 1. The number of alkyl halides is 3. The highest BCUT2D eigenvalue weighted by Crippen LogP contribution is 2.21. The smallest absolute Gasteiger partial charge is 0.387 e. The van der Waals surface area contributed by atoms with Crippen molar-refractivity contribution in [1.29, 1.82) is 0 Å². The van der Waals surface area contributed by atoms with Crippen LogP contribution in [0.3, 0.4) is 0 Å². The fourth-order valence-electron chi connectivity index (χ4n) is 1.08. The molecule has 6 heteroatoms. The van der Waals surface area contributed by atoms with Crippen molar-refractivity contribution in [1.82, 2.24) is 0 Å². The van der Waals surface area contributed by atoms with Gasteiger partial charge in [0.15, 0.2) is 5.78 Å². The Balaban J connectivity index is 3.04. The summed E-state index contributed by atoms with van der Waals surface area (Å²) in [5.41, 5.74) is -0.275. The van der Waals surface area contributed by atoms with Gasteiger partial charge in [-0.1, -0.05) is 15.9 Å². The van der Waals surface area contributed by atoms with Crippen LogP contribution in [-0.4, -0.2) is 17.2 Å². The van der Waals surface area contributed by atoms with Gasteiger partial charge in [0, 0.05) is 0 Å². The third kappa shape index (κ3) is 3.23. The number of hydrogen-bond acceptors (Lipinski definition) is 2. The maximum Gasteiger partial charge on any atom is 0.387 e. The molecule has 0 amide bonds. The van der Waals surface area contributed by atoms with Gasteiger partial charge in [-0.3, -0.25) is 4.79 Å². The van der Waals surface area contributed by atoms with Crippen molar-refractivity contribution < 1.29 is 22.7 Å². The maximum atomic E-state index is 13.2. The van der Waals surface area contributed by atoms with Crippen molar-refractivity contribution in [3.8, 4) is 5.75 Å². The van der Waals surface area contributed by atoms with Gasteiger partial charge in [-0.2, -0.15) is 8.78 Å². The van der Waals surface area contributed by atoms with E-state index in [1.165, 1.54) is 6.92 Å². The third-order valence-electron chi connectivity index (χ3n) is 1.79. The van der Waals surface area contributed by atoms with Gasteiger partial charge in [-0.15, -0.1) is 0 Å². The lowest BCUT2D eigenvalue weighted by Gasteiger charge is -2.08. The van der Waals surface area contributed by atoms with Crippen molar-refractivity contribution in [2.24, 2.45) is 0 Å². The first-order chi connectivity index (χ1) is 7.41. The summed E-state index contributed by atoms with van der Waals surface area (Å²) in [4.78, 5) is 10.9. The molecule has 88 valence electrons. The Morgan fingerprint density at radius 1 is 1.44 bits per heavy atom. The van der Waals surface area contributed by atoms with Crippen LogP contribution in [-0.2, 0) is 0 Å². The molecule has 1 rings (SSSR count). The van der Waals surface area contributed by atoms with E-state index < -0.39 is 23.0 Å². The fraction of sp³-hybridized carbons (Fsp3) is 0.300. The highest BCUT2D eigenvalue weighted by atomic mass is 79.9. The van der Waals surface area contributed by atoms with E-state index in [0.717, 1.165) is 18.2 Å². The summed E-state index contributed by atoms with van der Waals surface area (Å²) in [5, 5.41) is 0. The summed E-state index contributed by atoms with van der Waals surface area (Å²) in [6.45, 7) is -1.49. The average Bonchev–Trinajstić information content (AvgIpc) is 2.19. The fourth-order valence-corrected chi connectivity index (χ4v) is 1.33. The highest BCUT2D eigenvalue weighted by Gasteiger charge is 2.18. The number of hydrogen-bond donors (Lipinski definition) is 0. The molecule has 1 unspecified atom stereocenters. The molecule has 2 nitrogen and oxygen atoms in total. The zero-order chi connectivity index (χ0) is 12.3. The van der Waals surface area contributed by atoms with Crippen molar-refractivity contribution in [2.45, 2.75) is 18.4 Å². The van der Waals surface area contributed by atoms with Crippen molar-refractivity contribution in [2.75, 3.05) is 0 Å². The number of ketones is 1. The number of rotatable bonds is 4. The van der Waals surface area contributed by atoms with Gasteiger partial charge in [0.2, 0.25) is 0 Å². The zero-order valence-electron chi connectivity index (χ0n) is 8.22. The van der Waals surface area contributed by atoms with E-state index in [1.54, 1.807) is 0 Å². The van der Waals surface area contributed by atoms with Crippen LogP contribution in [0.25, 0.3) is 0 Å². The minimum absolute atomic E-state index is 0.243. The molecule has 0 N–H and O–H groups in total. The van der Waals surface area contributed by atoms with E-state index in [4.69, 9.17) is 0 Å². The van der Waals surface area contributed by atoms with Gasteiger partial charge >= 0.3 is 6.61 Å². The van der Waals surface area contributed by atoms with Crippen LogP contribution in [0.5, 0.6) is 5.75 Å². The predicted molar refractivity (Wildman–Crippen MR) is 55.8 cm³/mol. The van der Waals surface area contributed by atoms with Crippen LogP contribution in [0.2, 0.25) is 0 Å².